The lowest BCUT2D eigenvalue weighted by atomic mass is 10.00. The highest BCUT2D eigenvalue weighted by Gasteiger charge is 2.30. The van der Waals surface area contributed by atoms with E-state index in [4.69, 9.17) is 0 Å². The van der Waals surface area contributed by atoms with Gasteiger partial charge < -0.3 is 0 Å². The Morgan fingerprint density at radius 3 is 2.71 bits per heavy atom. The van der Waals surface area contributed by atoms with Crippen LogP contribution in [0.15, 0.2) is 10.5 Å². The van der Waals surface area contributed by atoms with Crippen LogP contribution in [0.4, 0.5) is 0 Å². The molecule has 0 amide bonds. The summed E-state index contributed by atoms with van der Waals surface area (Å²) >= 11 is 3.49. The highest BCUT2D eigenvalue weighted by atomic mass is 79.9. The van der Waals surface area contributed by atoms with Gasteiger partial charge in [-0.05, 0) is 43.0 Å². The summed E-state index contributed by atoms with van der Waals surface area (Å²) in [6.45, 7) is 6.10. The zero-order chi connectivity index (χ0) is 10.5. The molecule has 0 aliphatic heterocycles. The third-order valence-corrected chi connectivity index (χ3v) is 3.88. The molecule has 1 nitrogen and oxygen atoms in total. The highest BCUT2D eigenvalue weighted by Crippen LogP contribution is 2.35. The van der Waals surface area contributed by atoms with Crippen molar-refractivity contribution in [1.82, 2.24) is 0 Å². The lowest BCUT2D eigenvalue weighted by Gasteiger charge is -2.08. The van der Waals surface area contributed by atoms with Gasteiger partial charge in [0.25, 0.3) is 0 Å². The number of hydrogen-bond acceptors (Lipinski definition) is 1. The molecule has 0 bridgehead atoms. The van der Waals surface area contributed by atoms with Gasteiger partial charge in [-0.2, -0.15) is 0 Å². The van der Waals surface area contributed by atoms with Crippen LogP contribution in [0.25, 0.3) is 0 Å². The van der Waals surface area contributed by atoms with Gasteiger partial charge in [-0.3, -0.25) is 4.79 Å². The molecule has 74 valence electrons. The molecule has 14 heavy (non-hydrogen) atoms. The monoisotopic (exact) mass is 252 g/mol. The molecule has 1 aliphatic rings. The van der Waals surface area contributed by atoms with E-state index in [0.717, 1.165) is 22.0 Å². The minimum Gasteiger partial charge on any atom is -0.294 e. The fraction of sp³-hybridized carbons (Fsp3) is 0.417. The molecular formula is C12H13BrO. The molecular weight excluding hydrogens is 240 g/mol. The van der Waals surface area contributed by atoms with E-state index >= 15 is 0 Å². The predicted octanol–water partition coefficient (Wildman–Crippen LogP) is 3.44. The summed E-state index contributed by atoms with van der Waals surface area (Å²) in [5.41, 5.74) is 4.54. The smallest absolute Gasteiger partial charge is 0.166 e. The lowest BCUT2D eigenvalue weighted by molar-refractivity contribution is 0.0945. The third kappa shape index (κ3) is 1.24. The topological polar surface area (TPSA) is 17.1 Å². The number of hydrogen-bond donors (Lipinski definition) is 0. The second kappa shape index (κ2) is 3.20. The molecule has 0 fully saturated rings. The Bertz CT molecular complexity index is 421. The molecule has 0 aromatic heterocycles. The zero-order valence-electron chi connectivity index (χ0n) is 8.65. The van der Waals surface area contributed by atoms with Gasteiger partial charge in [0.05, 0.1) is 0 Å². The summed E-state index contributed by atoms with van der Waals surface area (Å²) in [7, 11) is 0. The maximum Gasteiger partial charge on any atom is 0.166 e. The van der Waals surface area contributed by atoms with Crippen LogP contribution in [0, 0.1) is 19.8 Å². The summed E-state index contributed by atoms with van der Waals surface area (Å²) in [6.07, 6.45) is 0.911. The van der Waals surface area contributed by atoms with Crippen LogP contribution in [0.3, 0.4) is 0 Å². The number of aryl methyl sites for hydroxylation is 1. The van der Waals surface area contributed by atoms with Crippen molar-refractivity contribution in [2.75, 3.05) is 0 Å². The summed E-state index contributed by atoms with van der Waals surface area (Å²) in [6, 6.07) is 2.11. The van der Waals surface area contributed by atoms with Gasteiger partial charge in [0.15, 0.2) is 5.78 Å². The van der Waals surface area contributed by atoms with E-state index in [1.54, 1.807) is 0 Å². The summed E-state index contributed by atoms with van der Waals surface area (Å²) in [4.78, 5) is 11.9. The van der Waals surface area contributed by atoms with E-state index < -0.39 is 0 Å². The maximum atomic E-state index is 11.9. The number of rotatable bonds is 0. The van der Waals surface area contributed by atoms with Crippen LogP contribution in [-0.4, -0.2) is 5.78 Å². The van der Waals surface area contributed by atoms with Gasteiger partial charge in [0, 0.05) is 16.0 Å². The third-order valence-electron chi connectivity index (χ3n) is 3.06. The number of ketones is 1. The summed E-state index contributed by atoms with van der Waals surface area (Å²) in [5.74, 6) is 0.471. The molecule has 1 aromatic carbocycles. The van der Waals surface area contributed by atoms with Crippen molar-refractivity contribution >= 4 is 21.7 Å². The van der Waals surface area contributed by atoms with Crippen LogP contribution < -0.4 is 0 Å². The van der Waals surface area contributed by atoms with Crippen molar-refractivity contribution in [2.24, 2.45) is 5.92 Å². The van der Waals surface area contributed by atoms with Crippen LogP contribution in [0.5, 0.6) is 0 Å². The quantitative estimate of drug-likeness (QED) is 0.692. The normalized spacial score (nSPS) is 20.0. The predicted molar refractivity (Wildman–Crippen MR) is 60.8 cm³/mol. The molecule has 1 aromatic rings. The molecule has 0 spiro atoms. The molecule has 0 N–H and O–H groups in total. The molecule has 0 heterocycles. The van der Waals surface area contributed by atoms with Crippen molar-refractivity contribution < 1.29 is 4.79 Å². The Kier molecular flexibility index (Phi) is 2.26. The summed E-state index contributed by atoms with van der Waals surface area (Å²) < 4.78 is 1.05. The molecule has 1 aliphatic carbocycles. The zero-order valence-corrected chi connectivity index (χ0v) is 10.2. The molecule has 0 unspecified atom stereocenters. The van der Waals surface area contributed by atoms with Crippen LogP contribution in [0.2, 0.25) is 0 Å². The standard InChI is InChI=1S/C12H13BrO/c1-6-5-10(13)8(3)11-9(6)4-7(2)12(11)14/h5,7H,4H2,1-3H3/t7-/m1/s1. The Balaban J connectivity index is 2.74. The van der Waals surface area contributed by atoms with Gasteiger partial charge in [-0.1, -0.05) is 22.9 Å². The van der Waals surface area contributed by atoms with E-state index in [1.807, 2.05) is 13.8 Å². The van der Waals surface area contributed by atoms with Gasteiger partial charge in [-0.15, -0.1) is 0 Å². The van der Waals surface area contributed by atoms with E-state index in [0.29, 0.717) is 5.78 Å². The van der Waals surface area contributed by atoms with Crippen LogP contribution in [0.1, 0.15) is 34.0 Å². The van der Waals surface area contributed by atoms with Crippen LogP contribution in [-0.2, 0) is 6.42 Å². The van der Waals surface area contributed by atoms with Gasteiger partial charge in [-0.25, -0.2) is 0 Å². The molecule has 2 rings (SSSR count). The number of carbonyl (C=O) groups is 1. The van der Waals surface area contributed by atoms with Gasteiger partial charge in [0.1, 0.15) is 0 Å². The SMILES string of the molecule is Cc1cc(Br)c(C)c2c1C[C@@H](C)C2=O. The van der Waals surface area contributed by atoms with E-state index in [9.17, 15) is 4.79 Å². The molecule has 0 radical (unpaired) electrons. The number of benzene rings is 1. The Morgan fingerprint density at radius 1 is 1.43 bits per heavy atom. The first-order valence-corrected chi connectivity index (χ1v) is 5.64. The molecule has 2 heteroatoms. The van der Waals surface area contributed by atoms with Crippen molar-refractivity contribution in [1.29, 1.82) is 0 Å². The van der Waals surface area contributed by atoms with Crippen LogP contribution >= 0.6 is 15.9 Å². The van der Waals surface area contributed by atoms with Gasteiger partial charge >= 0.3 is 0 Å². The second-order valence-electron chi connectivity index (χ2n) is 4.12. The van der Waals surface area contributed by atoms with E-state index in [-0.39, 0.29) is 5.92 Å². The first kappa shape index (κ1) is 9.91. The fourth-order valence-corrected chi connectivity index (χ4v) is 2.71. The van der Waals surface area contributed by atoms with Crippen molar-refractivity contribution in [3.63, 3.8) is 0 Å². The minimum absolute atomic E-state index is 0.164. The lowest BCUT2D eigenvalue weighted by Crippen LogP contribution is -2.04. The number of fused-ring (bicyclic) bond motifs is 1. The minimum atomic E-state index is 0.164. The van der Waals surface area contributed by atoms with E-state index in [1.165, 1.54) is 11.1 Å². The summed E-state index contributed by atoms with van der Waals surface area (Å²) in [5, 5.41) is 0. The average Bonchev–Trinajstić information content (AvgIpc) is 2.41. The molecule has 0 saturated heterocycles. The number of halogens is 1. The molecule has 0 saturated carbocycles. The van der Waals surface area contributed by atoms with Crippen molar-refractivity contribution in [2.45, 2.75) is 27.2 Å². The largest absolute Gasteiger partial charge is 0.294 e. The van der Waals surface area contributed by atoms with Crippen molar-refractivity contribution in [3.8, 4) is 0 Å². The number of Topliss-reactive ketones (excluding diaryl/α,β-unsaturated/α-hetero) is 1. The first-order chi connectivity index (χ1) is 6.52. The van der Waals surface area contributed by atoms with Gasteiger partial charge in [0.2, 0.25) is 0 Å². The fourth-order valence-electron chi connectivity index (χ4n) is 2.17. The first-order valence-electron chi connectivity index (χ1n) is 4.85. The second-order valence-corrected chi connectivity index (χ2v) is 4.98. The molecule has 1 atom stereocenters. The highest BCUT2D eigenvalue weighted by molar-refractivity contribution is 9.10. The Hall–Kier alpha value is -0.630. The Labute approximate surface area is 92.6 Å². The maximum absolute atomic E-state index is 11.9. The number of carbonyl (C=O) groups excluding carboxylic acids is 1. The van der Waals surface area contributed by atoms with Crippen molar-refractivity contribution in [3.05, 3.63) is 32.8 Å². The Morgan fingerprint density at radius 2 is 2.07 bits per heavy atom. The van der Waals surface area contributed by atoms with E-state index in [2.05, 4.69) is 28.9 Å². The average molecular weight is 253 g/mol.